The summed E-state index contributed by atoms with van der Waals surface area (Å²) < 4.78 is 34.7. The highest BCUT2D eigenvalue weighted by atomic mass is 32.2. The van der Waals surface area contributed by atoms with E-state index in [-0.39, 0.29) is 17.5 Å². The molecular formula is C24H35N3O3S2. The number of aromatic nitrogens is 1. The molecule has 1 aromatic carbocycles. The van der Waals surface area contributed by atoms with Crippen molar-refractivity contribution in [2.24, 2.45) is 11.8 Å². The molecule has 0 unspecified atom stereocenters. The van der Waals surface area contributed by atoms with Gasteiger partial charge in [0.25, 0.3) is 0 Å². The summed E-state index contributed by atoms with van der Waals surface area (Å²) in [7, 11) is -3.73. The van der Waals surface area contributed by atoms with Crippen molar-refractivity contribution >= 4 is 32.3 Å². The van der Waals surface area contributed by atoms with E-state index in [0.29, 0.717) is 24.0 Å². The Bertz CT molecular complexity index is 1110. The number of thiazole rings is 1. The van der Waals surface area contributed by atoms with Crippen molar-refractivity contribution in [1.29, 1.82) is 0 Å². The van der Waals surface area contributed by atoms with Crippen LogP contribution in [-0.4, -0.2) is 48.3 Å². The van der Waals surface area contributed by atoms with E-state index < -0.39 is 10.0 Å². The van der Waals surface area contributed by atoms with E-state index in [9.17, 15) is 8.42 Å². The Kier molecular flexibility index (Phi) is 8.14. The zero-order chi connectivity index (χ0) is 23.5. The summed E-state index contributed by atoms with van der Waals surface area (Å²) in [4.78, 5) is 7.21. The van der Waals surface area contributed by atoms with Crippen LogP contribution in [0.5, 0.6) is 0 Å². The van der Waals surface area contributed by atoms with Gasteiger partial charge in [-0.2, -0.15) is 4.31 Å². The third kappa shape index (κ3) is 6.19. The summed E-state index contributed by atoms with van der Waals surface area (Å²) in [5, 5.41) is 3.67. The molecule has 0 bridgehead atoms. The molecule has 2 heterocycles. The van der Waals surface area contributed by atoms with Gasteiger partial charge in [0, 0.05) is 36.4 Å². The molecule has 0 spiro atoms. The molecule has 0 saturated carbocycles. The highest BCUT2D eigenvalue weighted by molar-refractivity contribution is 7.89. The third-order valence-corrected chi connectivity index (χ3v) is 8.05. The van der Waals surface area contributed by atoms with Crippen molar-refractivity contribution in [3.05, 3.63) is 46.6 Å². The van der Waals surface area contributed by atoms with Crippen LogP contribution in [0, 0.1) is 18.8 Å². The highest BCUT2D eigenvalue weighted by Gasteiger charge is 2.31. The summed E-state index contributed by atoms with van der Waals surface area (Å²) in [5.74, 6) is 1.02. The molecule has 8 heteroatoms. The van der Waals surface area contributed by atoms with Crippen LogP contribution >= 0.6 is 11.3 Å². The van der Waals surface area contributed by atoms with Crippen molar-refractivity contribution in [2.45, 2.75) is 59.0 Å². The Balaban J connectivity index is 1.94. The van der Waals surface area contributed by atoms with Gasteiger partial charge in [0.15, 0.2) is 0 Å². The number of nitrogens with zero attached hydrogens (tertiary/aromatic N) is 3. The lowest BCUT2D eigenvalue weighted by atomic mass is 10.1. The summed E-state index contributed by atoms with van der Waals surface area (Å²) >= 11 is 1.54. The number of rotatable bonds is 11. The molecule has 0 amide bonds. The smallest absolute Gasteiger partial charge is 0.243 e. The van der Waals surface area contributed by atoms with Gasteiger partial charge in [-0.15, -0.1) is 11.3 Å². The van der Waals surface area contributed by atoms with Crippen LogP contribution in [0.15, 0.2) is 45.2 Å². The second-order valence-corrected chi connectivity index (χ2v) is 12.3. The minimum Gasteiger partial charge on any atom is -0.464 e. The van der Waals surface area contributed by atoms with E-state index in [2.05, 4.69) is 37.6 Å². The molecule has 0 saturated heterocycles. The second-order valence-electron chi connectivity index (χ2n) is 9.38. The van der Waals surface area contributed by atoms with E-state index in [1.165, 1.54) is 0 Å². The first-order chi connectivity index (χ1) is 15.1. The number of fused-ring (bicyclic) bond motifs is 1. The molecule has 3 aromatic rings. The van der Waals surface area contributed by atoms with E-state index in [4.69, 9.17) is 4.42 Å². The number of furan rings is 1. The number of aryl methyl sites for hydroxylation is 1. The monoisotopic (exact) mass is 477 g/mol. The Morgan fingerprint density at radius 2 is 1.72 bits per heavy atom. The van der Waals surface area contributed by atoms with Crippen molar-refractivity contribution in [3.8, 4) is 0 Å². The molecule has 0 aliphatic carbocycles. The standard InChI is InChI=1S/C24H35N3O3S2/c1-17(2)12-26(13-18(3)4)14-19(5)27(15-22-16-31-20(6)25-22)32(28,29)23-7-8-24-21(11-23)9-10-30-24/h7-11,16-19H,12-15H2,1-6H3/t19-/m0/s1. The predicted octanol–water partition coefficient (Wildman–Crippen LogP) is 5.39. The van der Waals surface area contributed by atoms with Crippen LogP contribution in [0.2, 0.25) is 0 Å². The van der Waals surface area contributed by atoms with E-state index in [1.54, 1.807) is 46.2 Å². The first-order valence-electron chi connectivity index (χ1n) is 11.2. The van der Waals surface area contributed by atoms with Crippen LogP contribution in [0.25, 0.3) is 11.0 Å². The van der Waals surface area contributed by atoms with Crippen molar-refractivity contribution < 1.29 is 12.8 Å². The van der Waals surface area contributed by atoms with Gasteiger partial charge < -0.3 is 9.32 Å². The number of hydrogen-bond acceptors (Lipinski definition) is 6. The van der Waals surface area contributed by atoms with Crippen LogP contribution in [-0.2, 0) is 16.6 Å². The van der Waals surface area contributed by atoms with Gasteiger partial charge >= 0.3 is 0 Å². The van der Waals surface area contributed by atoms with Gasteiger partial charge in [-0.05, 0) is 49.9 Å². The van der Waals surface area contributed by atoms with Gasteiger partial charge in [0.05, 0.1) is 28.4 Å². The van der Waals surface area contributed by atoms with Crippen molar-refractivity contribution in [2.75, 3.05) is 19.6 Å². The van der Waals surface area contributed by atoms with Gasteiger partial charge in [0.2, 0.25) is 10.0 Å². The Hall–Kier alpha value is -1.74. The summed E-state index contributed by atoms with van der Waals surface area (Å²) in [6.07, 6.45) is 1.58. The Labute approximate surface area is 196 Å². The Morgan fingerprint density at radius 1 is 1.03 bits per heavy atom. The maximum atomic E-state index is 13.8. The van der Waals surface area contributed by atoms with Crippen LogP contribution in [0.4, 0.5) is 0 Å². The SMILES string of the molecule is Cc1nc(CN([C@@H](C)CN(CC(C)C)CC(C)C)S(=O)(=O)c2ccc3occc3c2)cs1. The van der Waals surface area contributed by atoms with Gasteiger partial charge in [-0.25, -0.2) is 13.4 Å². The summed E-state index contributed by atoms with van der Waals surface area (Å²) in [6.45, 7) is 15.5. The minimum atomic E-state index is -3.73. The maximum Gasteiger partial charge on any atom is 0.243 e. The van der Waals surface area contributed by atoms with Crippen LogP contribution in [0.1, 0.15) is 45.3 Å². The number of sulfonamides is 1. The Morgan fingerprint density at radius 3 is 2.31 bits per heavy atom. The topological polar surface area (TPSA) is 66.7 Å². The zero-order valence-electron chi connectivity index (χ0n) is 19.9. The molecular weight excluding hydrogens is 442 g/mol. The second kappa shape index (κ2) is 10.5. The fraction of sp³-hybridized carbons (Fsp3) is 0.542. The molecule has 32 heavy (non-hydrogen) atoms. The first-order valence-corrected chi connectivity index (χ1v) is 13.5. The molecule has 176 valence electrons. The molecule has 1 atom stereocenters. The lowest BCUT2D eigenvalue weighted by Gasteiger charge is -2.34. The molecule has 2 aromatic heterocycles. The largest absolute Gasteiger partial charge is 0.464 e. The van der Waals surface area contributed by atoms with E-state index in [0.717, 1.165) is 29.2 Å². The zero-order valence-corrected chi connectivity index (χ0v) is 21.5. The number of benzene rings is 1. The van der Waals surface area contributed by atoms with Gasteiger partial charge in [-0.3, -0.25) is 0 Å². The van der Waals surface area contributed by atoms with Crippen molar-refractivity contribution in [1.82, 2.24) is 14.2 Å². The summed E-state index contributed by atoms with van der Waals surface area (Å²) in [5.41, 5.74) is 1.46. The average molecular weight is 478 g/mol. The minimum absolute atomic E-state index is 0.209. The summed E-state index contributed by atoms with van der Waals surface area (Å²) in [6, 6.07) is 6.63. The predicted molar refractivity (Wildman–Crippen MR) is 131 cm³/mol. The molecule has 6 nitrogen and oxygen atoms in total. The maximum absolute atomic E-state index is 13.8. The van der Waals surface area contributed by atoms with E-state index >= 15 is 0 Å². The molecule has 3 rings (SSSR count). The molecule has 0 aliphatic heterocycles. The lowest BCUT2D eigenvalue weighted by Crippen LogP contribution is -2.46. The first kappa shape index (κ1) is 24.9. The fourth-order valence-electron chi connectivity index (χ4n) is 4.08. The van der Waals surface area contributed by atoms with E-state index in [1.807, 2.05) is 19.2 Å². The normalized spacial score (nSPS) is 13.8. The van der Waals surface area contributed by atoms with Crippen molar-refractivity contribution in [3.63, 3.8) is 0 Å². The number of hydrogen-bond donors (Lipinski definition) is 0. The lowest BCUT2D eigenvalue weighted by molar-refractivity contribution is 0.171. The third-order valence-electron chi connectivity index (χ3n) is 5.28. The average Bonchev–Trinajstić information content (AvgIpc) is 3.32. The molecule has 0 aliphatic rings. The highest BCUT2D eigenvalue weighted by Crippen LogP contribution is 2.26. The van der Waals surface area contributed by atoms with Crippen LogP contribution in [0.3, 0.4) is 0 Å². The fourth-order valence-corrected chi connectivity index (χ4v) is 6.31. The van der Waals surface area contributed by atoms with Gasteiger partial charge in [-0.1, -0.05) is 27.7 Å². The molecule has 0 fully saturated rings. The molecule has 0 N–H and O–H groups in total. The van der Waals surface area contributed by atoms with Crippen LogP contribution < -0.4 is 0 Å². The molecule has 0 radical (unpaired) electrons. The van der Waals surface area contributed by atoms with Gasteiger partial charge in [0.1, 0.15) is 5.58 Å². The quantitative estimate of drug-likeness (QED) is 0.370.